The summed E-state index contributed by atoms with van der Waals surface area (Å²) in [4.78, 5) is 11.9. The Balaban J connectivity index is 2.04. The molecule has 110 valence electrons. The van der Waals surface area contributed by atoms with Crippen LogP contribution >= 0.6 is 15.9 Å². The molecule has 1 fully saturated rings. The lowest BCUT2D eigenvalue weighted by molar-refractivity contribution is -0.119. The summed E-state index contributed by atoms with van der Waals surface area (Å²) in [6, 6.07) is 2.33. The lowest BCUT2D eigenvalue weighted by Gasteiger charge is -2.08. The molecule has 0 spiro atoms. The van der Waals surface area contributed by atoms with Crippen molar-refractivity contribution in [1.82, 2.24) is 0 Å². The van der Waals surface area contributed by atoms with Gasteiger partial charge >= 0.3 is 0 Å². The maximum Gasteiger partial charge on any atom is 0.150 e. The monoisotopic (exact) mass is 366 g/mol. The van der Waals surface area contributed by atoms with Crippen molar-refractivity contribution in [2.75, 3.05) is 11.5 Å². The number of carbonyl (C=O) groups is 1. The Labute approximate surface area is 124 Å². The van der Waals surface area contributed by atoms with Crippen LogP contribution in [0.25, 0.3) is 0 Å². The maximum atomic E-state index is 13.7. The summed E-state index contributed by atoms with van der Waals surface area (Å²) in [5, 5.41) is 0. The highest BCUT2D eigenvalue weighted by Gasteiger charge is 2.29. The molecule has 1 unspecified atom stereocenters. The van der Waals surface area contributed by atoms with E-state index in [0.29, 0.717) is 6.42 Å². The summed E-state index contributed by atoms with van der Waals surface area (Å²) in [5.41, 5.74) is -0.273. The minimum atomic E-state index is -3.04. The number of benzene rings is 1. The Bertz CT molecular complexity index is 643. The SMILES string of the molecule is O=C(Cc1c(F)ccc(Br)c1F)CC1CCS(=O)(=O)C1. The first-order valence-corrected chi connectivity index (χ1v) is 8.74. The highest BCUT2D eigenvalue weighted by Crippen LogP contribution is 2.25. The van der Waals surface area contributed by atoms with Gasteiger partial charge in [-0.3, -0.25) is 4.79 Å². The van der Waals surface area contributed by atoms with E-state index in [1.165, 1.54) is 6.07 Å². The van der Waals surface area contributed by atoms with Gasteiger partial charge < -0.3 is 0 Å². The van der Waals surface area contributed by atoms with Crippen molar-refractivity contribution in [3.63, 3.8) is 0 Å². The van der Waals surface area contributed by atoms with E-state index in [4.69, 9.17) is 0 Å². The zero-order valence-electron chi connectivity index (χ0n) is 10.5. The van der Waals surface area contributed by atoms with Crippen molar-refractivity contribution >= 4 is 31.6 Å². The lowest BCUT2D eigenvalue weighted by atomic mass is 9.97. The van der Waals surface area contributed by atoms with Gasteiger partial charge in [-0.25, -0.2) is 17.2 Å². The molecule has 1 saturated heterocycles. The Hall–Kier alpha value is -0.820. The Morgan fingerprint density at radius 1 is 1.35 bits per heavy atom. The van der Waals surface area contributed by atoms with Crippen LogP contribution in [0.15, 0.2) is 16.6 Å². The van der Waals surface area contributed by atoms with Crippen LogP contribution in [0.5, 0.6) is 0 Å². The van der Waals surface area contributed by atoms with Crippen LogP contribution in [0, 0.1) is 17.6 Å². The standard InChI is InChI=1S/C13H13BrF2O3S/c14-11-1-2-12(15)10(13(11)16)6-9(17)5-8-3-4-20(18,19)7-8/h1-2,8H,3-7H2. The van der Waals surface area contributed by atoms with Gasteiger partial charge in [0.15, 0.2) is 9.84 Å². The van der Waals surface area contributed by atoms with Gasteiger partial charge in [0.25, 0.3) is 0 Å². The van der Waals surface area contributed by atoms with E-state index in [0.717, 1.165) is 6.07 Å². The molecule has 0 aromatic heterocycles. The molecule has 1 heterocycles. The van der Waals surface area contributed by atoms with Crippen LogP contribution in [0.3, 0.4) is 0 Å². The average Bonchev–Trinajstić information content (AvgIpc) is 2.69. The fraction of sp³-hybridized carbons (Fsp3) is 0.462. The molecule has 0 aliphatic carbocycles. The largest absolute Gasteiger partial charge is 0.299 e. The molecular weight excluding hydrogens is 354 g/mol. The number of Topliss-reactive ketones (excluding diaryl/α,β-unsaturated/α-hetero) is 1. The van der Waals surface area contributed by atoms with Gasteiger partial charge in [-0.2, -0.15) is 0 Å². The van der Waals surface area contributed by atoms with Gasteiger partial charge in [0.2, 0.25) is 0 Å². The number of hydrogen-bond donors (Lipinski definition) is 0. The third kappa shape index (κ3) is 3.63. The molecular formula is C13H13BrF2O3S. The lowest BCUT2D eigenvalue weighted by Crippen LogP contribution is -2.14. The predicted molar refractivity (Wildman–Crippen MR) is 74.1 cm³/mol. The molecule has 0 saturated carbocycles. The van der Waals surface area contributed by atoms with Gasteiger partial charge in [-0.15, -0.1) is 0 Å². The second-order valence-electron chi connectivity index (χ2n) is 5.01. The van der Waals surface area contributed by atoms with Gasteiger partial charge in [0.1, 0.15) is 17.4 Å². The number of hydrogen-bond acceptors (Lipinski definition) is 3. The topological polar surface area (TPSA) is 51.2 Å². The van der Waals surface area contributed by atoms with E-state index in [1.807, 2.05) is 0 Å². The van der Waals surface area contributed by atoms with Gasteiger partial charge in [-0.05, 0) is 40.4 Å². The summed E-state index contributed by atoms with van der Waals surface area (Å²) in [6.45, 7) is 0. The molecule has 2 rings (SSSR count). The third-order valence-corrected chi connectivity index (χ3v) is 5.81. The molecule has 1 aromatic rings. The van der Waals surface area contributed by atoms with E-state index in [-0.39, 0.29) is 46.1 Å². The fourth-order valence-electron chi connectivity index (χ4n) is 2.36. The smallest absolute Gasteiger partial charge is 0.150 e. The first kappa shape index (κ1) is 15.6. The molecule has 20 heavy (non-hydrogen) atoms. The predicted octanol–water partition coefficient (Wildman–Crippen LogP) is 2.66. The van der Waals surface area contributed by atoms with E-state index in [2.05, 4.69) is 15.9 Å². The van der Waals surface area contributed by atoms with Gasteiger partial charge in [-0.1, -0.05) is 0 Å². The number of carbonyl (C=O) groups excluding carboxylic acids is 1. The van der Waals surface area contributed by atoms with E-state index >= 15 is 0 Å². The number of sulfone groups is 1. The second kappa shape index (κ2) is 5.89. The van der Waals surface area contributed by atoms with Crippen molar-refractivity contribution in [3.8, 4) is 0 Å². The Morgan fingerprint density at radius 3 is 2.65 bits per heavy atom. The minimum absolute atomic E-state index is 0.0117. The van der Waals surface area contributed by atoms with Crippen LogP contribution < -0.4 is 0 Å². The Morgan fingerprint density at radius 2 is 2.05 bits per heavy atom. The summed E-state index contributed by atoms with van der Waals surface area (Å²) in [5.74, 6) is -2.04. The second-order valence-corrected chi connectivity index (χ2v) is 8.09. The molecule has 7 heteroatoms. The first-order valence-electron chi connectivity index (χ1n) is 6.13. The molecule has 1 aromatic carbocycles. The number of rotatable bonds is 4. The van der Waals surface area contributed by atoms with Crippen molar-refractivity contribution in [2.45, 2.75) is 19.3 Å². The fourth-order valence-corrected chi connectivity index (χ4v) is 4.59. The maximum absolute atomic E-state index is 13.7. The van der Waals surface area contributed by atoms with Crippen LogP contribution in [0.4, 0.5) is 8.78 Å². The van der Waals surface area contributed by atoms with E-state index in [1.54, 1.807) is 0 Å². The zero-order chi connectivity index (χ0) is 14.9. The highest BCUT2D eigenvalue weighted by atomic mass is 79.9. The molecule has 0 bridgehead atoms. The summed E-state index contributed by atoms with van der Waals surface area (Å²) >= 11 is 2.94. The Kier molecular flexibility index (Phi) is 4.59. The number of ketones is 1. The van der Waals surface area contributed by atoms with Crippen LogP contribution in [-0.4, -0.2) is 25.7 Å². The average molecular weight is 367 g/mol. The van der Waals surface area contributed by atoms with Gasteiger partial charge in [0.05, 0.1) is 16.0 Å². The zero-order valence-corrected chi connectivity index (χ0v) is 12.9. The number of halogens is 3. The van der Waals surface area contributed by atoms with Crippen molar-refractivity contribution < 1.29 is 22.0 Å². The molecule has 3 nitrogen and oxygen atoms in total. The van der Waals surface area contributed by atoms with E-state index in [9.17, 15) is 22.0 Å². The van der Waals surface area contributed by atoms with Crippen LogP contribution in [0.1, 0.15) is 18.4 Å². The normalized spacial score (nSPS) is 21.1. The summed E-state index contributed by atoms with van der Waals surface area (Å²) < 4.78 is 49.9. The van der Waals surface area contributed by atoms with Crippen molar-refractivity contribution in [1.29, 1.82) is 0 Å². The van der Waals surface area contributed by atoms with Crippen LogP contribution in [0.2, 0.25) is 0 Å². The highest BCUT2D eigenvalue weighted by molar-refractivity contribution is 9.10. The molecule has 1 aliphatic heterocycles. The quantitative estimate of drug-likeness (QED) is 0.769. The van der Waals surface area contributed by atoms with Crippen molar-refractivity contribution in [2.24, 2.45) is 5.92 Å². The molecule has 0 N–H and O–H groups in total. The van der Waals surface area contributed by atoms with Crippen molar-refractivity contribution in [3.05, 3.63) is 33.8 Å². The molecule has 1 atom stereocenters. The molecule has 0 amide bonds. The third-order valence-electron chi connectivity index (χ3n) is 3.36. The van der Waals surface area contributed by atoms with E-state index < -0.39 is 21.5 Å². The molecule has 1 aliphatic rings. The minimum Gasteiger partial charge on any atom is -0.299 e. The summed E-state index contributed by atoms with van der Waals surface area (Å²) in [7, 11) is -3.04. The van der Waals surface area contributed by atoms with Crippen LogP contribution in [-0.2, 0) is 21.1 Å². The molecule has 0 radical (unpaired) electrons. The summed E-state index contributed by atoms with van der Waals surface area (Å²) in [6.07, 6.45) is 0.135. The first-order chi connectivity index (χ1) is 9.28. The van der Waals surface area contributed by atoms with Gasteiger partial charge in [0, 0.05) is 18.4 Å².